The van der Waals surface area contributed by atoms with Crippen LogP contribution in [0.25, 0.3) is 22.5 Å². The van der Waals surface area contributed by atoms with E-state index in [0.29, 0.717) is 18.1 Å². The molecule has 61 heavy (non-hydrogen) atoms. The number of rotatable bonds is 21. The van der Waals surface area contributed by atoms with Gasteiger partial charge in [-0.1, -0.05) is 73.5 Å². The molecule has 2 saturated heterocycles. The smallest absolute Gasteiger partial charge is 0.457 e. The van der Waals surface area contributed by atoms with Crippen LogP contribution in [0.1, 0.15) is 67.8 Å². The summed E-state index contributed by atoms with van der Waals surface area (Å²) >= 11 is 6.54. The fourth-order valence-electron chi connectivity index (χ4n) is 6.82. The molecule has 2 fully saturated rings. The van der Waals surface area contributed by atoms with Crippen molar-refractivity contribution in [3.05, 3.63) is 91.0 Å². The minimum absolute atomic E-state index is 0.0244. The minimum atomic E-state index is -1.42. The molecule has 0 saturated carbocycles. The van der Waals surface area contributed by atoms with Crippen molar-refractivity contribution in [1.29, 1.82) is 0 Å². The SMILES string of the molecule is CCCCc1nc(Cl)c(C(=O)OC(C)OC(=O)O[C@@H]2COC3C2OC[C@H]3OC(=O)CCC[C@H](CO[N+](=O)[O-])O[N+](=O)[O-])n1Cc1ccc(-c2ccccc2-c2nn[nH]n2)cc1. The van der Waals surface area contributed by atoms with Crippen molar-refractivity contribution in [3.63, 3.8) is 0 Å². The second kappa shape index (κ2) is 20.7. The van der Waals surface area contributed by atoms with Gasteiger partial charge >= 0.3 is 18.1 Å². The number of unbranched alkanes of at least 4 members (excludes halogenated alkanes) is 1. The largest absolute Gasteiger partial charge is 0.511 e. The molecular formula is C37H41ClN8O15. The number of carbonyl (C=O) groups is 3. The number of imidazole rings is 1. The van der Waals surface area contributed by atoms with E-state index in [-0.39, 0.29) is 49.9 Å². The first-order chi connectivity index (χ1) is 29.4. The van der Waals surface area contributed by atoms with Gasteiger partial charge in [-0.3, -0.25) is 4.79 Å². The number of fused-ring (bicyclic) bond motifs is 1. The zero-order chi connectivity index (χ0) is 43.5. The number of nitrogens with one attached hydrogen (secondary N) is 1. The maximum absolute atomic E-state index is 13.6. The van der Waals surface area contributed by atoms with Gasteiger partial charge < -0.3 is 42.7 Å². The number of aromatic amines is 1. The molecule has 4 heterocycles. The molecule has 24 heteroatoms. The molecule has 2 aromatic carbocycles. The Morgan fingerprint density at radius 3 is 2.33 bits per heavy atom. The summed E-state index contributed by atoms with van der Waals surface area (Å²) in [4.78, 5) is 73.0. The number of ether oxygens (including phenoxy) is 6. The lowest BCUT2D eigenvalue weighted by atomic mass is 9.98. The maximum atomic E-state index is 13.6. The molecular weight excluding hydrogens is 832 g/mol. The number of hydrogen-bond donors (Lipinski definition) is 1. The first kappa shape index (κ1) is 44.1. The molecule has 0 aliphatic carbocycles. The fourth-order valence-corrected chi connectivity index (χ4v) is 7.09. The van der Waals surface area contributed by atoms with Gasteiger partial charge in [-0.25, -0.2) is 14.6 Å². The summed E-state index contributed by atoms with van der Waals surface area (Å²) in [6.45, 7) is 2.69. The molecule has 2 aliphatic rings. The standard InChI is InChI=1S/C37H41ClN8O15/c1-3-4-11-29-39-34(38)31(44(29)17-22-13-15-23(16-14-22)25-9-5-6-10-26(25)35-40-42-43-41-35)36(48)57-21(2)58-37(49)60-28-20-55-32-27(19-54-33(28)32)59-30(47)12-7-8-24(61-46(52)53)18-56-45(50)51/h5-6,9-10,13-16,21,24,27-28,32-33H,3-4,7-8,11-12,17-20H2,1-2H3,(H,40,41,42,43)/t21?,24-,27-,28-,32?,33?/m1/s1. The average molecular weight is 873 g/mol. The molecule has 0 spiro atoms. The molecule has 2 aromatic heterocycles. The van der Waals surface area contributed by atoms with Crippen LogP contribution in [0.15, 0.2) is 48.5 Å². The summed E-state index contributed by atoms with van der Waals surface area (Å²) in [5.41, 5.74) is 3.43. The molecule has 4 aromatic rings. The molecule has 2 aliphatic heterocycles. The Hall–Kier alpha value is -6.46. The van der Waals surface area contributed by atoms with E-state index >= 15 is 0 Å². The highest BCUT2D eigenvalue weighted by molar-refractivity contribution is 6.32. The Balaban J connectivity index is 1.01. The van der Waals surface area contributed by atoms with Crippen molar-refractivity contribution in [2.45, 2.75) is 95.7 Å². The summed E-state index contributed by atoms with van der Waals surface area (Å²) < 4.78 is 34.7. The number of carbonyl (C=O) groups excluding carboxylic acids is 3. The van der Waals surface area contributed by atoms with E-state index in [1.54, 1.807) is 4.57 Å². The summed E-state index contributed by atoms with van der Waals surface area (Å²) in [5.74, 6) is -0.541. The average Bonchev–Trinajstić information content (AvgIpc) is 4.03. The third kappa shape index (κ3) is 11.6. The van der Waals surface area contributed by atoms with E-state index in [4.69, 9.17) is 40.0 Å². The normalized spacial score (nSPS) is 19.0. The highest BCUT2D eigenvalue weighted by Gasteiger charge is 2.51. The number of nitrogens with zero attached hydrogens (tertiary/aromatic N) is 7. The Morgan fingerprint density at radius 2 is 1.67 bits per heavy atom. The highest BCUT2D eigenvalue weighted by Crippen LogP contribution is 2.32. The van der Waals surface area contributed by atoms with Crippen molar-refractivity contribution in [1.82, 2.24) is 30.2 Å². The second-order valence-electron chi connectivity index (χ2n) is 13.8. The molecule has 3 unspecified atom stereocenters. The number of halogens is 1. The number of aromatic nitrogens is 6. The monoisotopic (exact) mass is 872 g/mol. The Morgan fingerprint density at radius 1 is 0.967 bits per heavy atom. The van der Waals surface area contributed by atoms with Crippen LogP contribution >= 0.6 is 11.6 Å². The third-order valence-electron chi connectivity index (χ3n) is 9.61. The van der Waals surface area contributed by atoms with Gasteiger partial charge in [0.25, 0.3) is 10.2 Å². The van der Waals surface area contributed by atoms with Crippen LogP contribution in [0.2, 0.25) is 5.15 Å². The predicted molar refractivity (Wildman–Crippen MR) is 204 cm³/mol. The van der Waals surface area contributed by atoms with Crippen molar-refractivity contribution in [3.8, 4) is 22.5 Å². The fraction of sp³-hybridized carbons (Fsp3) is 0.486. The highest BCUT2D eigenvalue weighted by atomic mass is 35.5. The lowest BCUT2D eigenvalue weighted by Crippen LogP contribution is -2.36. The van der Waals surface area contributed by atoms with Crippen LogP contribution in [0.5, 0.6) is 0 Å². The van der Waals surface area contributed by atoms with Gasteiger partial charge in [-0.05, 0) is 41.2 Å². The van der Waals surface area contributed by atoms with E-state index in [0.717, 1.165) is 35.1 Å². The van der Waals surface area contributed by atoms with Crippen molar-refractivity contribution in [2.75, 3.05) is 19.8 Å². The number of H-pyrrole nitrogens is 1. The van der Waals surface area contributed by atoms with E-state index in [9.17, 15) is 34.6 Å². The number of benzene rings is 2. The lowest BCUT2D eigenvalue weighted by Gasteiger charge is -2.19. The zero-order valence-corrected chi connectivity index (χ0v) is 33.5. The number of esters is 2. The zero-order valence-electron chi connectivity index (χ0n) is 32.8. The van der Waals surface area contributed by atoms with Crippen LogP contribution in [-0.4, -0.2) is 115 Å². The molecule has 6 atom stereocenters. The summed E-state index contributed by atoms with van der Waals surface area (Å²) in [7, 11) is 0. The molecule has 23 nitrogen and oxygen atoms in total. The van der Waals surface area contributed by atoms with Gasteiger partial charge in [0.2, 0.25) is 12.1 Å². The first-order valence-corrected chi connectivity index (χ1v) is 19.5. The van der Waals surface area contributed by atoms with E-state index < -0.39 is 71.7 Å². The van der Waals surface area contributed by atoms with Crippen molar-refractivity contribution in [2.24, 2.45) is 0 Å². The van der Waals surface area contributed by atoms with Gasteiger partial charge in [-0.15, -0.1) is 30.4 Å². The van der Waals surface area contributed by atoms with Crippen LogP contribution in [0.3, 0.4) is 0 Å². The molecule has 0 bridgehead atoms. The molecule has 6 rings (SSSR count). The van der Waals surface area contributed by atoms with Gasteiger partial charge in [-0.2, -0.15) is 5.21 Å². The first-order valence-electron chi connectivity index (χ1n) is 19.2. The number of hydrogen-bond acceptors (Lipinski definition) is 19. The van der Waals surface area contributed by atoms with Crippen LogP contribution in [0, 0.1) is 20.2 Å². The van der Waals surface area contributed by atoms with Gasteiger partial charge in [0.15, 0.2) is 23.1 Å². The van der Waals surface area contributed by atoms with Crippen molar-refractivity contribution >= 4 is 29.7 Å². The van der Waals surface area contributed by atoms with Crippen molar-refractivity contribution < 1.29 is 62.7 Å². The summed E-state index contributed by atoms with van der Waals surface area (Å²) in [6.07, 6.45) is -5.38. The van der Waals surface area contributed by atoms with E-state index in [2.05, 4.69) is 35.3 Å². The Bertz CT molecular complexity index is 2160. The van der Waals surface area contributed by atoms with Gasteiger partial charge in [0.05, 0.1) is 13.2 Å². The minimum Gasteiger partial charge on any atom is -0.457 e. The molecule has 1 N–H and O–H groups in total. The topological polar surface area (TPSA) is 284 Å². The van der Waals surface area contributed by atoms with E-state index in [1.807, 2.05) is 55.5 Å². The summed E-state index contributed by atoms with van der Waals surface area (Å²) in [5, 5.41) is 33.2. The Labute approximate surface area is 351 Å². The van der Waals surface area contributed by atoms with Gasteiger partial charge in [0.1, 0.15) is 30.7 Å². The quantitative estimate of drug-likeness (QED) is 0.0397. The molecule has 0 amide bonds. The van der Waals surface area contributed by atoms with Crippen LogP contribution in [0.4, 0.5) is 4.79 Å². The van der Waals surface area contributed by atoms with E-state index in [1.165, 1.54) is 6.92 Å². The third-order valence-corrected chi connectivity index (χ3v) is 9.87. The molecule has 326 valence electrons. The number of tetrazole rings is 1. The molecule has 0 radical (unpaired) electrons. The maximum Gasteiger partial charge on any atom is 0.511 e. The summed E-state index contributed by atoms with van der Waals surface area (Å²) in [6, 6.07) is 15.4. The predicted octanol–water partition coefficient (Wildman–Crippen LogP) is 4.46. The van der Waals surface area contributed by atoms with Gasteiger partial charge in [0, 0.05) is 31.9 Å². The second-order valence-corrected chi connectivity index (χ2v) is 14.2. The number of aryl methyl sites for hydroxylation is 1. The van der Waals surface area contributed by atoms with Crippen LogP contribution in [-0.2, 0) is 55.9 Å². The van der Waals surface area contributed by atoms with Crippen LogP contribution < -0.4 is 0 Å². The lowest BCUT2D eigenvalue weighted by molar-refractivity contribution is -0.790. The Kier molecular flexibility index (Phi) is 15.0.